The molecule has 0 spiro atoms. The van der Waals surface area contributed by atoms with Gasteiger partial charge in [0.2, 0.25) is 0 Å². The van der Waals surface area contributed by atoms with Crippen LogP contribution in [0.25, 0.3) is 0 Å². The van der Waals surface area contributed by atoms with Crippen LogP contribution in [0.1, 0.15) is 67.2 Å². The molecule has 0 fully saturated rings. The Balaban J connectivity index is -0.000000256. The van der Waals surface area contributed by atoms with Gasteiger partial charge in [-0.15, -0.1) is 0 Å². The molecule has 0 saturated carbocycles. The quantitative estimate of drug-likeness (QED) is 0.304. The molecule has 1 heteroatoms. The number of hydrogen-bond acceptors (Lipinski definition) is 0. The zero-order valence-electron chi connectivity index (χ0n) is 13.5. The van der Waals surface area contributed by atoms with Crippen molar-refractivity contribution in [3.63, 3.8) is 0 Å². The molecule has 19 heavy (non-hydrogen) atoms. The summed E-state index contributed by atoms with van der Waals surface area (Å²) in [6.07, 6.45) is 8.22. The molecule has 0 heterocycles. The molecule has 0 aromatic rings. The van der Waals surface area contributed by atoms with Gasteiger partial charge in [0.15, 0.2) is 0 Å². The Labute approximate surface area is 134 Å². The molecule has 0 aliphatic carbocycles. The van der Waals surface area contributed by atoms with E-state index >= 15 is 0 Å². The average molecular weight is 348 g/mol. The Hall–Kier alpha value is -0.417. The predicted molar refractivity (Wildman–Crippen MR) is 84.3 cm³/mol. The Morgan fingerprint density at radius 2 is 0.947 bits per heavy atom. The van der Waals surface area contributed by atoms with E-state index in [9.17, 15) is 0 Å². The molecule has 0 unspecified atom stereocenters. The molecule has 0 bridgehead atoms. The van der Waals surface area contributed by atoms with Gasteiger partial charge < -0.3 is 0 Å². The van der Waals surface area contributed by atoms with E-state index in [0.29, 0.717) is 0 Å². The van der Waals surface area contributed by atoms with Gasteiger partial charge in [0.25, 0.3) is 0 Å². The molecule has 0 radical (unpaired) electrons. The van der Waals surface area contributed by atoms with Crippen molar-refractivity contribution in [3.8, 4) is 0 Å². The van der Waals surface area contributed by atoms with Crippen LogP contribution >= 0.6 is 0 Å². The molecule has 0 nitrogen and oxygen atoms in total. The Morgan fingerprint density at radius 3 is 1.11 bits per heavy atom. The van der Waals surface area contributed by atoms with E-state index in [-0.39, 0.29) is 19.5 Å². The van der Waals surface area contributed by atoms with Gasteiger partial charge in [-0.3, -0.25) is 13.2 Å². The van der Waals surface area contributed by atoms with Crippen molar-refractivity contribution >= 4 is 0 Å². The third-order valence-corrected chi connectivity index (χ3v) is 2.80. The standard InChI is InChI=1S/2C9H15.Ru/c2*1-5-8(3)7-9(4)6-2;/h2*3,7H,5-6H2,1-2,4H3;/q2*-1;+2. The predicted octanol–water partition coefficient (Wildman–Crippen LogP) is 6.22. The maximum Gasteiger partial charge on any atom is 2.00 e. The van der Waals surface area contributed by atoms with Crippen molar-refractivity contribution in [1.29, 1.82) is 0 Å². The first kappa shape index (κ1) is 23.7. The minimum Gasteiger partial charge on any atom is -0.290 e. The molecule has 0 aromatic carbocycles. The second-order valence-electron chi connectivity index (χ2n) is 4.55. The Morgan fingerprint density at radius 1 is 0.684 bits per heavy atom. The van der Waals surface area contributed by atoms with Gasteiger partial charge in [-0.2, -0.15) is 11.1 Å². The SMILES string of the molecule is [CH-]=C(C=C(C)CC)CC.[CH-]=C(C=C(C)CC)CC.[Ru+2]. The van der Waals surface area contributed by atoms with E-state index in [0.717, 1.165) is 36.8 Å². The first-order valence-corrected chi connectivity index (χ1v) is 6.97. The van der Waals surface area contributed by atoms with Crippen LogP contribution in [0.4, 0.5) is 0 Å². The van der Waals surface area contributed by atoms with Crippen molar-refractivity contribution in [2.45, 2.75) is 67.2 Å². The number of rotatable bonds is 6. The summed E-state index contributed by atoms with van der Waals surface area (Å²) in [4.78, 5) is 0. The van der Waals surface area contributed by atoms with Crippen LogP contribution in [0.2, 0.25) is 0 Å². The monoisotopic (exact) mass is 348 g/mol. The first-order valence-electron chi connectivity index (χ1n) is 6.97. The van der Waals surface area contributed by atoms with Crippen molar-refractivity contribution in [2.75, 3.05) is 0 Å². The van der Waals surface area contributed by atoms with E-state index in [1.54, 1.807) is 0 Å². The molecule has 0 rings (SSSR count). The maximum absolute atomic E-state index is 5.59. The largest absolute Gasteiger partial charge is 2.00 e. The van der Waals surface area contributed by atoms with E-state index in [4.69, 9.17) is 13.2 Å². The average Bonchev–Trinajstić information content (AvgIpc) is 2.38. The minimum atomic E-state index is 0. The fourth-order valence-electron chi connectivity index (χ4n) is 1.04. The third-order valence-electron chi connectivity index (χ3n) is 2.80. The van der Waals surface area contributed by atoms with Crippen molar-refractivity contribution < 1.29 is 19.5 Å². The van der Waals surface area contributed by atoms with Crippen molar-refractivity contribution in [2.24, 2.45) is 0 Å². The Kier molecular flexibility index (Phi) is 19.5. The topological polar surface area (TPSA) is 0 Å². The van der Waals surface area contributed by atoms with Crippen LogP contribution < -0.4 is 0 Å². The second-order valence-corrected chi connectivity index (χ2v) is 4.55. The van der Waals surface area contributed by atoms with Crippen molar-refractivity contribution in [1.82, 2.24) is 0 Å². The fraction of sp³-hybridized carbons (Fsp3) is 0.556. The molecule has 0 aliphatic heterocycles. The molecular formula is C18H30Ru. The van der Waals surface area contributed by atoms with Gasteiger partial charge in [0, 0.05) is 0 Å². The number of hydrogen-bond donors (Lipinski definition) is 0. The minimum absolute atomic E-state index is 0. The fourth-order valence-corrected chi connectivity index (χ4v) is 1.04. The van der Waals surface area contributed by atoms with Crippen LogP contribution in [-0.4, -0.2) is 0 Å². The summed E-state index contributed by atoms with van der Waals surface area (Å²) in [6.45, 7) is 23.8. The zero-order valence-corrected chi connectivity index (χ0v) is 15.2. The van der Waals surface area contributed by atoms with E-state index in [2.05, 4.69) is 53.7 Å². The summed E-state index contributed by atoms with van der Waals surface area (Å²) in [5.41, 5.74) is 4.67. The van der Waals surface area contributed by atoms with Gasteiger partial charge >= 0.3 is 19.5 Å². The second kappa shape index (κ2) is 15.6. The van der Waals surface area contributed by atoms with Crippen LogP contribution in [0.15, 0.2) is 34.4 Å². The van der Waals surface area contributed by atoms with E-state index in [1.807, 2.05) is 0 Å². The zero-order chi connectivity index (χ0) is 14.6. The molecule has 0 saturated heterocycles. The first-order chi connectivity index (χ1) is 8.40. The van der Waals surface area contributed by atoms with Gasteiger partial charge in [0.1, 0.15) is 0 Å². The van der Waals surface area contributed by atoms with Gasteiger partial charge in [0.05, 0.1) is 0 Å². The molecule has 0 atom stereocenters. The summed E-state index contributed by atoms with van der Waals surface area (Å²) in [5, 5.41) is 0. The smallest absolute Gasteiger partial charge is 0.290 e. The van der Waals surface area contributed by atoms with Crippen LogP contribution in [-0.2, 0) is 19.5 Å². The summed E-state index contributed by atoms with van der Waals surface area (Å²) in [7, 11) is 0. The molecule has 110 valence electrons. The molecule has 0 amide bonds. The number of allylic oxidation sites excluding steroid dienone is 6. The van der Waals surface area contributed by atoms with E-state index < -0.39 is 0 Å². The van der Waals surface area contributed by atoms with Gasteiger partial charge in [-0.25, -0.2) is 23.3 Å². The summed E-state index contributed by atoms with van der Waals surface area (Å²) >= 11 is 0. The van der Waals surface area contributed by atoms with E-state index in [1.165, 1.54) is 11.1 Å². The maximum atomic E-state index is 5.59. The summed E-state index contributed by atoms with van der Waals surface area (Å²) < 4.78 is 0. The van der Waals surface area contributed by atoms with Crippen LogP contribution in [0, 0.1) is 13.2 Å². The van der Waals surface area contributed by atoms with Crippen molar-refractivity contribution in [3.05, 3.63) is 47.6 Å². The van der Waals surface area contributed by atoms with Crippen LogP contribution in [0.3, 0.4) is 0 Å². The van der Waals surface area contributed by atoms with Gasteiger partial charge in [-0.05, 0) is 0 Å². The summed E-state index contributed by atoms with van der Waals surface area (Å²) in [5.74, 6) is 0. The molecule has 0 aromatic heterocycles. The Bertz CT molecular complexity index is 274. The summed E-state index contributed by atoms with van der Waals surface area (Å²) in [6, 6.07) is 0. The normalized spacial score (nSPS) is 11.1. The third kappa shape index (κ3) is 17.6. The van der Waals surface area contributed by atoms with Gasteiger partial charge in [-0.1, -0.05) is 67.2 Å². The van der Waals surface area contributed by atoms with Crippen LogP contribution in [0.5, 0.6) is 0 Å². The molecule has 0 N–H and O–H groups in total. The molecular weight excluding hydrogens is 317 g/mol. The molecule has 0 aliphatic rings.